The molecule has 3 unspecified atom stereocenters. The van der Waals surface area contributed by atoms with Gasteiger partial charge < -0.3 is 14.3 Å². The van der Waals surface area contributed by atoms with Crippen LogP contribution in [0.1, 0.15) is 51.2 Å². The molecular formula is C17H29NO3. The van der Waals surface area contributed by atoms with Gasteiger partial charge in [-0.2, -0.15) is 0 Å². The molecule has 0 aliphatic carbocycles. The fourth-order valence-corrected chi connectivity index (χ4v) is 2.96. The van der Waals surface area contributed by atoms with Gasteiger partial charge >= 0.3 is 0 Å². The van der Waals surface area contributed by atoms with Crippen molar-refractivity contribution in [2.75, 3.05) is 19.7 Å². The van der Waals surface area contributed by atoms with Crippen LogP contribution in [0.2, 0.25) is 0 Å². The van der Waals surface area contributed by atoms with Crippen LogP contribution in [0, 0.1) is 12.8 Å². The minimum Gasteiger partial charge on any atom is -0.465 e. The molecule has 1 saturated heterocycles. The number of likely N-dealkylation sites (tertiary alicyclic amines) is 1. The zero-order valence-electron chi connectivity index (χ0n) is 13.7. The maximum Gasteiger partial charge on any atom is 0.121 e. The van der Waals surface area contributed by atoms with E-state index in [1.807, 2.05) is 26.8 Å². The molecule has 1 fully saturated rings. The minimum absolute atomic E-state index is 0.157. The minimum atomic E-state index is -0.445. The third-order valence-electron chi connectivity index (χ3n) is 4.13. The standard InChI is InChI=1S/C17H29NO3/c1-12(2)20-11-15(19)10-18-8-7-13(3)9-16(18)17-6-5-14(4)21-17/h5-6,12-13,15-16,19H,7-11H2,1-4H3. The first kappa shape index (κ1) is 16.5. The Morgan fingerprint density at radius 3 is 2.81 bits per heavy atom. The van der Waals surface area contributed by atoms with E-state index in [2.05, 4.69) is 17.9 Å². The van der Waals surface area contributed by atoms with E-state index in [0.717, 1.165) is 24.5 Å². The van der Waals surface area contributed by atoms with Crippen LogP contribution in [0.5, 0.6) is 0 Å². The first-order valence-electron chi connectivity index (χ1n) is 8.05. The van der Waals surface area contributed by atoms with Gasteiger partial charge in [0, 0.05) is 6.54 Å². The van der Waals surface area contributed by atoms with Crippen LogP contribution in [-0.2, 0) is 4.74 Å². The molecule has 2 heterocycles. The highest BCUT2D eigenvalue weighted by molar-refractivity contribution is 5.11. The lowest BCUT2D eigenvalue weighted by molar-refractivity contribution is -0.0240. The summed E-state index contributed by atoms with van der Waals surface area (Å²) in [5.41, 5.74) is 0. The molecule has 1 aromatic heterocycles. The quantitative estimate of drug-likeness (QED) is 0.875. The molecule has 2 rings (SSSR count). The molecule has 4 nitrogen and oxygen atoms in total. The largest absolute Gasteiger partial charge is 0.465 e. The Bertz CT molecular complexity index is 429. The lowest BCUT2D eigenvalue weighted by Gasteiger charge is -2.38. The second-order valence-corrected chi connectivity index (χ2v) is 6.62. The Labute approximate surface area is 128 Å². The van der Waals surface area contributed by atoms with Gasteiger partial charge in [0.15, 0.2) is 0 Å². The zero-order valence-corrected chi connectivity index (χ0v) is 13.7. The van der Waals surface area contributed by atoms with Gasteiger partial charge in [0.05, 0.1) is 24.9 Å². The Kier molecular flexibility index (Phi) is 5.85. The number of furan rings is 1. The molecule has 1 aliphatic heterocycles. The molecule has 0 amide bonds. The van der Waals surface area contributed by atoms with Crippen molar-refractivity contribution in [2.24, 2.45) is 5.92 Å². The average Bonchev–Trinajstić information content (AvgIpc) is 2.85. The fourth-order valence-electron chi connectivity index (χ4n) is 2.96. The molecule has 1 aromatic rings. The molecule has 1 N–H and O–H groups in total. The van der Waals surface area contributed by atoms with Crippen LogP contribution in [0.3, 0.4) is 0 Å². The van der Waals surface area contributed by atoms with Crippen molar-refractivity contribution in [1.29, 1.82) is 0 Å². The Hall–Kier alpha value is -0.840. The van der Waals surface area contributed by atoms with E-state index < -0.39 is 6.10 Å². The van der Waals surface area contributed by atoms with Gasteiger partial charge in [-0.1, -0.05) is 6.92 Å². The first-order chi connectivity index (χ1) is 9.95. The van der Waals surface area contributed by atoms with Crippen molar-refractivity contribution in [3.63, 3.8) is 0 Å². The van der Waals surface area contributed by atoms with Crippen LogP contribution in [0.4, 0.5) is 0 Å². The monoisotopic (exact) mass is 295 g/mol. The molecule has 0 radical (unpaired) electrons. The van der Waals surface area contributed by atoms with Gasteiger partial charge in [0.1, 0.15) is 11.5 Å². The predicted molar refractivity (Wildman–Crippen MR) is 83.3 cm³/mol. The molecule has 120 valence electrons. The van der Waals surface area contributed by atoms with Crippen molar-refractivity contribution in [3.8, 4) is 0 Å². The van der Waals surface area contributed by atoms with Crippen LogP contribution in [-0.4, -0.2) is 41.9 Å². The second kappa shape index (κ2) is 7.43. The number of nitrogens with zero attached hydrogens (tertiary/aromatic N) is 1. The van der Waals surface area contributed by atoms with Crippen LogP contribution in [0.15, 0.2) is 16.5 Å². The summed E-state index contributed by atoms with van der Waals surface area (Å²) < 4.78 is 11.3. The number of hydrogen-bond acceptors (Lipinski definition) is 4. The highest BCUT2D eigenvalue weighted by Gasteiger charge is 2.30. The zero-order chi connectivity index (χ0) is 15.4. The summed E-state index contributed by atoms with van der Waals surface area (Å²) in [6.07, 6.45) is 1.97. The molecule has 0 bridgehead atoms. The molecule has 1 aliphatic rings. The topological polar surface area (TPSA) is 45.8 Å². The summed E-state index contributed by atoms with van der Waals surface area (Å²) in [6, 6.07) is 4.36. The predicted octanol–water partition coefficient (Wildman–Crippen LogP) is 3.15. The van der Waals surface area contributed by atoms with Gasteiger partial charge in [-0.25, -0.2) is 0 Å². The molecule has 0 saturated carbocycles. The van der Waals surface area contributed by atoms with E-state index in [4.69, 9.17) is 9.15 Å². The SMILES string of the molecule is Cc1ccc(C2CC(C)CCN2CC(O)COC(C)C)o1. The normalized spacial score (nSPS) is 25.4. The summed E-state index contributed by atoms with van der Waals surface area (Å²) in [5.74, 6) is 2.67. The first-order valence-corrected chi connectivity index (χ1v) is 8.05. The summed E-state index contributed by atoms with van der Waals surface area (Å²) in [6.45, 7) is 10.3. The van der Waals surface area contributed by atoms with Gasteiger partial charge in [0.2, 0.25) is 0 Å². The summed E-state index contributed by atoms with van der Waals surface area (Å²) in [4.78, 5) is 2.34. The van der Waals surface area contributed by atoms with Gasteiger partial charge in [-0.05, 0) is 58.2 Å². The Morgan fingerprint density at radius 1 is 1.43 bits per heavy atom. The number of hydrogen-bond donors (Lipinski definition) is 1. The van der Waals surface area contributed by atoms with Crippen molar-refractivity contribution < 1.29 is 14.3 Å². The molecule has 3 atom stereocenters. The lowest BCUT2D eigenvalue weighted by atomic mass is 9.91. The van der Waals surface area contributed by atoms with Crippen molar-refractivity contribution in [3.05, 3.63) is 23.7 Å². The third-order valence-corrected chi connectivity index (χ3v) is 4.13. The number of β-amino-alcohol motifs (C(OH)–C–C–N with tert-alkyl or cyclic N) is 1. The van der Waals surface area contributed by atoms with Gasteiger partial charge in [-0.3, -0.25) is 4.90 Å². The summed E-state index contributed by atoms with van der Waals surface area (Å²) in [5, 5.41) is 10.2. The smallest absolute Gasteiger partial charge is 0.121 e. The second-order valence-electron chi connectivity index (χ2n) is 6.62. The number of aliphatic hydroxyl groups is 1. The maximum atomic E-state index is 10.2. The van der Waals surface area contributed by atoms with Crippen molar-refractivity contribution >= 4 is 0 Å². The Morgan fingerprint density at radius 2 is 2.19 bits per heavy atom. The van der Waals surface area contributed by atoms with E-state index in [0.29, 0.717) is 19.1 Å². The van der Waals surface area contributed by atoms with E-state index in [-0.39, 0.29) is 12.1 Å². The average molecular weight is 295 g/mol. The third kappa shape index (κ3) is 4.83. The van der Waals surface area contributed by atoms with Crippen LogP contribution >= 0.6 is 0 Å². The fraction of sp³-hybridized carbons (Fsp3) is 0.765. The molecular weight excluding hydrogens is 266 g/mol. The van der Waals surface area contributed by atoms with Gasteiger partial charge in [0.25, 0.3) is 0 Å². The summed E-state index contributed by atoms with van der Waals surface area (Å²) >= 11 is 0. The Balaban J connectivity index is 1.98. The molecule has 0 aromatic carbocycles. The van der Waals surface area contributed by atoms with E-state index >= 15 is 0 Å². The number of piperidine rings is 1. The number of aryl methyl sites for hydroxylation is 1. The number of ether oxygens (including phenoxy) is 1. The number of rotatable bonds is 6. The number of aliphatic hydroxyl groups excluding tert-OH is 1. The molecule has 21 heavy (non-hydrogen) atoms. The lowest BCUT2D eigenvalue weighted by Crippen LogP contribution is -2.42. The van der Waals surface area contributed by atoms with Crippen LogP contribution < -0.4 is 0 Å². The van der Waals surface area contributed by atoms with E-state index in [1.165, 1.54) is 6.42 Å². The van der Waals surface area contributed by atoms with Crippen molar-refractivity contribution in [1.82, 2.24) is 4.90 Å². The van der Waals surface area contributed by atoms with E-state index in [1.54, 1.807) is 0 Å². The summed E-state index contributed by atoms with van der Waals surface area (Å²) in [7, 11) is 0. The van der Waals surface area contributed by atoms with E-state index in [9.17, 15) is 5.11 Å². The molecule has 4 heteroatoms. The van der Waals surface area contributed by atoms with Crippen molar-refractivity contribution in [2.45, 2.75) is 58.8 Å². The highest BCUT2D eigenvalue weighted by Crippen LogP contribution is 2.34. The molecule has 0 spiro atoms. The van der Waals surface area contributed by atoms with Crippen LogP contribution in [0.25, 0.3) is 0 Å². The maximum absolute atomic E-state index is 10.2. The highest BCUT2D eigenvalue weighted by atomic mass is 16.5. The van der Waals surface area contributed by atoms with Gasteiger partial charge in [-0.15, -0.1) is 0 Å².